The smallest absolute Gasteiger partial charge is 0.369 e. The van der Waals surface area contributed by atoms with Crippen molar-refractivity contribution in [1.82, 2.24) is 9.62 Å². The van der Waals surface area contributed by atoms with Crippen LogP contribution in [0.4, 0.5) is 18.9 Å². The van der Waals surface area contributed by atoms with Gasteiger partial charge in [-0.1, -0.05) is 36.4 Å². The zero-order valence-corrected chi connectivity index (χ0v) is 17.6. The zero-order valence-electron chi connectivity index (χ0n) is 16.8. The number of piperazine rings is 1. The van der Waals surface area contributed by atoms with Gasteiger partial charge >= 0.3 is 6.18 Å². The number of halogens is 3. The van der Waals surface area contributed by atoms with Crippen LogP contribution in [-0.4, -0.2) is 52.1 Å². The van der Waals surface area contributed by atoms with Gasteiger partial charge in [0.1, 0.15) is 0 Å². The van der Waals surface area contributed by atoms with Gasteiger partial charge in [0, 0.05) is 44.5 Å². The van der Waals surface area contributed by atoms with Gasteiger partial charge in [0.2, 0.25) is 10.0 Å². The van der Waals surface area contributed by atoms with Crippen LogP contribution >= 0.6 is 0 Å². The Hall–Kier alpha value is -2.10. The second kappa shape index (κ2) is 9.36. The normalized spacial score (nSPS) is 17.1. The lowest BCUT2D eigenvalue weighted by atomic mass is 10.1. The first-order valence-electron chi connectivity index (χ1n) is 9.81. The number of sulfonamides is 1. The molecule has 164 valence electrons. The molecule has 2 aromatic rings. The molecule has 0 saturated carbocycles. The Labute approximate surface area is 175 Å². The highest BCUT2D eigenvalue weighted by Gasteiger charge is 2.30. The van der Waals surface area contributed by atoms with E-state index in [9.17, 15) is 21.6 Å². The minimum atomic E-state index is -4.50. The van der Waals surface area contributed by atoms with Crippen molar-refractivity contribution in [3.8, 4) is 0 Å². The molecule has 30 heavy (non-hydrogen) atoms. The first kappa shape index (κ1) is 22.6. The van der Waals surface area contributed by atoms with Crippen LogP contribution in [0.15, 0.2) is 54.6 Å². The first-order valence-corrected chi connectivity index (χ1v) is 11.5. The van der Waals surface area contributed by atoms with Crippen molar-refractivity contribution in [3.63, 3.8) is 0 Å². The Morgan fingerprint density at radius 2 is 1.67 bits per heavy atom. The molecule has 0 aromatic heterocycles. The lowest BCUT2D eigenvalue weighted by Gasteiger charge is -2.39. The van der Waals surface area contributed by atoms with Crippen LogP contribution in [0.25, 0.3) is 0 Å². The van der Waals surface area contributed by atoms with Gasteiger partial charge < -0.3 is 4.90 Å². The van der Waals surface area contributed by atoms with E-state index in [1.807, 2.05) is 25.1 Å². The highest BCUT2D eigenvalue weighted by atomic mass is 32.2. The summed E-state index contributed by atoms with van der Waals surface area (Å²) >= 11 is 0. The van der Waals surface area contributed by atoms with Gasteiger partial charge in [-0.15, -0.1) is 0 Å². The van der Waals surface area contributed by atoms with Crippen molar-refractivity contribution in [3.05, 3.63) is 65.7 Å². The topological polar surface area (TPSA) is 52.7 Å². The third kappa shape index (κ3) is 6.20. The summed E-state index contributed by atoms with van der Waals surface area (Å²) in [5.41, 5.74) is 0.438. The van der Waals surface area contributed by atoms with Crippen molar-refractivity contribution >= 4 is 15.7 Å². The maximum Gasteiger partial charge on any atom is 0.416 e. The molecule has 1 fully saturated rings. The standard InChI is InChI=1S/C21H26F3N3O2S/c1-17(26-10-12-27(13-11-26)20-8-3-2-4-9-20)15-25-30(28,29)16-18-6-5-7-19(14-18)21(22,23)24/h2-9,14,17,25H,10-13,15-16H2,1H3. The number of nitrogens with one attached hydrogen (secondary N) is 1. The van der Waals surface area contributed by atoms with Crippen molar-refractivity contribution in [2.45, 2.75) is 24.9 Å². The summed E-state index contributed by atoms with van der Waals surface area (Å²) in [5.74, 6) is -0.481. The minimum Gasteiger partial charge on any atom is -0.369 e. The monoisotopic (exact) mass is 441 g/mol. The van der Waals surface area contributed by atoms with Gasteiger partial charge in [-0.05, 0) is 30.7 Å². The molecule has 1 aliphatic heterocycles. The number of anilines is 1. The van der Waals surface area contributed by atoms with Gasteiger partial charge in [0.15, 0.2) is 0 Å². The summed E-state index contributed by atoms with van der Waals surface area (Å²) in [5, 5.41) is 0. The fourth-order valence-corrected chi connectivity index (χ4v) is 4.76. The van der Waals surface area contributed by atoms with Crippen LogP contribution in [0.5, 0.6) is 0 Å². The van der Waals surface area contributed by atoms with Gasteiger partial charge in [-0.3, -0.25) is 4.90 Å². The Balaban J connectivity index is 1.50. The van der Waals surface area contributed by atoms with Gasteiger partial charge in [0.05, 0.1) is 11.3 Å². The Morgan fingerprint density at radius 1 is 1.00 bits per heavy atom. The second-order valence-electron chi connectivity index (χ2n) is 7.51. The van der Waals surface area contributed by atoms with E-state index in [-0.39, 0.29) is 18.2 Å². The van der Waals surface area contributed by atoms with Crippen molar-refractivity contribution in [1.29, 1.82) is 0 Å². The third-order valence-electron chi connectivity index (χ3n) is 5.27. The van der Waals surface area contributed by atoms with Crippen LogP contribution in [0.2, 0.25) is 0 Å². The van der Waals surface area contributed by atoms with Gasteiger partial charge in [-0.25, -0.2) is 13.1 Å². The summed E-state index contributed by atoms with van der Waals surface area (Å²) in [6.07, 6.45) is -4.50. The Morgan fingerprint density at radius 3 is 2.30 bits per heavy atom. The van der Waals surface area contributed by atoms with E-state index in [0.29, 0.717) is 0 Å². The molecule has 9 heteroatoms. The molecular weight excluding hydrogens is 415 g/mol. The van der Waals surface area contributed by atoms with E-state index in [1.165, 1.54) is 17.8 Å². The second-order valence-corrected chi connectivity index (χ2v) is 9.32. The molecule has 1 atom stereocenters. The van der Waals surface area contributed by atoms with E-state index in [1.54, 1.807) is 0 Å². The summed E-state index contributed by atoms with van der Waals surface area (Å²) in [6.45, 7) is 5.49. The average Bonchev–Trinajstić information content (AvgIpc) is 2.72. The van der Waals surface area contributed by atoms with Crippen LogP contribution < -0.4 is 9.62 Å². The Bertz CT molecular complexity index is 928. The fourth-order valence-electron chi connectivity index (χ4n) is 3.54. The van der Waals surface area contributed by atoms with E-state index in [0.717, 1.165) is 38.3 Å². The molecule has 0 bridgehead atoms. The maximum absolute atomic E-state index is 12.8. The number of nitrogens with zero attached hydrogens (tertiary/aromatic N) is 2. The van der Waals surface area contributed by atoms with E-state index in [2.05, 4.69) is 26.7 Å². The lowest BCUT2D eigenvalue weighted by molar-refractivity contribution is -0.137. The minimum absolute atomic E-state index is 0.0146. The molecule has 1 saturated heterocycles. The molecule has 1 aliphatic rings. The van der Waals surface area contributed by atoms with Crippen LogP contribution in [0.3, 0.4) is 0 Å². The number of hydrogen-bond acceptors (Lipinski definition) is 4. The number of hydrogen-bond donors (Lipinski definition) is 1. The molecule has 0 aliphatic carbocycles. The van der Waals surface area contributed by atoms with Crippen LogP contribution in [-0.2, 0) is 22.0 Å². The van der Waals surface area contributed by atoms with Crippen molar-refractivity contribution in [2.24, 2.45) is 0 Å². The van der Waals surface area contributed by atoms with Crippen LogP contribution in [0.1, 0.15) is 18.1 Å². The number of para-hydroxylation sites is 1. The van der Waals surface area contributed by atoms with Crippen molar-refractivity contribution in [2.75, 3.05) is 37.6 Å². The third-order valence-corrected chi connectivity index (χ3v) is 6.59. The molecule has 1 unspecified atom stereocenters. The number of benzene rings is 2. The molecule has 5 nitrogen and oxygen atoms in total. The summed E-state index contributed by atoms with van der Waals surface area (Å²) < 4.78 is 65.7. The zero-order chi connectivity index (χ0) is 21.8. The van der Waals surface area contributed by atoms with Gasteiger partial charge in [0.25, 0.3) is 0 Å². The van der Waals surface area contributed by atoms with Crippen molar-refractivity contribution < 1.29 is 21.6 Å². The van der Waals surface area contributed by atoms with E-state index in [4.69, 9.17) is 0 Å². The highest BCUT2D eigenvalue weighted by Crippen LogP contribution is 2.29. The summed E-state index contributed by atoms with van der Waals surface area (Å²) in [4.78, 5) is 4.51. The molecule has 1 N–H and O–H groups in total. The predicted octanol–water partition coefficient (Wildman–Crippen LogP) is 3.34. The van der Waals surface area contributed by atoms with Crippen LogP contribution in [0, 0.1) is 0 Å². The molecule has 0 radical (unpaired) electrons. The predicted molar refractivity (Wildman–Crippen MR) is 112 cm³/mol. The molecule has 0 spiro atoms. The van der Waals surface area contributed by atoms with Gasteiger partial charge in [-0.2, -0.15) is 13.2 Å². The fraction of sp³-hybridized carbons (Fsp3) is 0.429. The summed E-state index contributed by atoms with van der Waals surface area (Å²) in [7, 11) is -3.74. The first-order chi connectivity index (χ1) is 14.1. The average molecular weight is 442 g/mol. The van der Waals surface area contributed by atoms with E-state index < -0.39 is 27.5 Å². The Kier molecular flexibility index (Phi) is 7.05. The molecule has 2 aromatic carbocycles. The lowest BCUT2D eigenvalue weighted by Crippen LogP contribution is -2.52. The summed E-state index contributed by atoms with van der Waals surface area (Å²) in [6, 6.07) is 14.5. The highest BCUT2D eigenvalue weighted by molar-refractivity contribution is 7.88. The molecule has 3 rings (SSSR count). The maximum atomic E-state index is 12.8. The van der Waals surface area contributed by atoms with E-state index >= 15 is 0 Å². The molecular formula is C21H26F3N3O2S. The largest absolute Gasteiger partial charge is 0.416 e. The molecule has 0 amide bonds. The SMILES string of the molecule is CC(CNS(=O)(=O)Cc1cccc(C(F)(F)F)c1)N1CCN(c2ccccc2)CC1. The number of alkyl halides is 3. The molecule has 1 heterocycles. The number of rotatable bonds is 7. The quantitative estimate of drug-likeness (QED) is 0.716.